The Balaban J connectivity index is 2.35. The monoisotopic (exact) mass is 314 g/mol. The quantitative estimate of drug-likeness (QED) is 0.728. The fourth-order valence-corrected chi connectivity index (χ4v) is 3.47. The van der Waals surface area contributed by atoms with Crippen molar-refractivity contribution in [2.75, 3.05) is 13.7 Å². The van der Waals surface area contributed by atoms with E-state index in [0.717, 1.165) is 0 Å². The van der Waals surface area contributed by atoms with E-state index in [9.17, 15) is 14.7 Å². The Hall–Kier alpha value is -1.34. The van der Waals surface area contributed by atoms with E-state index in [0.29, 0.717) is 12.8 Å². The number of piperazine rings is 1. The number of hydrogen-bond acceptors (Lipinski definition) is 6. The van der Waals surface area contributed by atoms with Crippen LogP contribution >= 0.6 is 0 Å². The second kappa shape index (κ2) is 5.70. The fraction of sp³-hybridized carbons (Fsp3) is 0.867. The number of nitrogens with zero attached hydrogens (tertiary/aromatic N) is 1. The van der Waals surface area contributed by atoms with Gasteiger partial charge in [-0.1, -0.05) is 0 Å². The van der Waals surface area contributed by atoms with Crippen LogP contribution in [0.5, 0.6) is 0 Å². The zero-order valence-electron chi connectivity index (χ0n) is 13.9. The lowest BCUT2D eigenvalue weighted by molar-refractivity contribution is -0.156. The smallest absolute Gasteiger partial charge is 0.411 e. The second-order valence-corrected chi connectivity index (χ2v) is 7.13. The number of fused-ring (bicyclic) bond motifs is 2. The average Bonchev–Trinajstić information content (AvgIpc) is 2.66. The van der Waals surface area contributed by atoms with Crippen molar-refractivity contribution >= 4 is 12.1 Å². The Morgan fingerprint density at radius 3 is 2.55 bits per heavy atom. The number of amides is 1. The van der Waals surface area contributed by atoms with Gasteiger partial charge in [-0.15, -0.1) is 0 Å². The lowest BCUT2D eigenvalue weighted by atomic mass is 9.94. The van der Waals surface area contributed by atoms with Gasteiger partial charge >= 0.3 is 12.1 Å². The molecule has 22 heavy (non-hydrogen) atoms. The van der Waals surface area contributed by atoms with E-state index >= 15 is 0 Å². The molecule has 7 heteroatoms. The van der Waals surface area contributed by atoms with E-state index in [-0.39, 0.29) is 18.6 Å². The molecule has 0 aromatic rings. The van der Waals surface area contributed by atoms with E-state index in [2.05, 4.69) is 5.32 Å². The molecule has 0 spiro atoms. The van der Waals surface area contributed by atoms with E-state index in [4.69, 9.17) is 9.47 Å². The molecule has 2 N–H and O–H groups in total. The Labute approximate surface area is 130 Å². The lowest BCUT2D eigenvalue weighted by Gasteiger charge is -2.47. The molecule has 2 rings (SSSR count). The number of ether oxygens (including phenoxy) is 2. The topological polar surface area (TPSA) is 88.1 Å². The first kappa shape index (κ1) is 17.0. The van der Waals surface area contributed by atoms with Crippen LogP contribution in [-0.4, -0.2) is 65.1 Å². The van der Waals surface area contributed by atoms with Crippen LogP contribution in [0, 0.1) is 0 Å². The van der Waals surface area contributed by atoms with E-state index in [1.807, 2.05) is 0 Å². The summed E-state index contributed by atoms with van der Waals surface area (Å²) in [7, 11) is 1.32. The summed E-state index contributed by atoms with van der Waals surface area (Å²) >= 11 is 0. The molecule has 0 radical (unpaired) electrons. The van der Waals surface area contributed by atoms with Crippen molar-refractivity contribution in [3.8, 4) is 0 Å². The fourth-order valence-electron chi connectivity index (χ4n) is 3.47. The molecule has 2 heterocycles. The third-order valence-corrected chi connectivity index (χ3v) is 4.37. The van der Waals surface area contributed by atoms with Gasteiger partial charge in [0.05, 0.1) is 25.3 Å². The average molecular weight is 314 g/mol. The van der Waals surface area contributed by atoms with E-state index in [1.54, 1.807) is 27.7 Å². The van der Waals surface area contributed by atoms with Gasteiger partial charge in [0.15, 0.2) is 5.54 Å². The SMILES string of the molecule is COC(=O)[C@@]12CC[C@@H]([C@@H](C(C)O)NC1)N2C(=O)OC(C)(C)C. The van der Waals surface area contributed by atoms with Crippen LogP contribution in [0.2, 0.25) is 0 Å². The van der Waals surface area contributed by atoms with E-state index < -0.39 is 29.3 Å². The van der Waals surface area contributed by atoms with Crippen molar-refractivity contribution in [1.29, 1.82) is 0 Å². The first-order valence-electron chi connectivity index (χ1n) is 7.64. The van der Waals surface area contributed by atoms with Gasteiger partial charge in [-0.25, -0.2) is 9.59 Å². The molecule has 4 atom stereocenters. The molecule has 7 nitrogen and oxygen atoms in total. The maximum absolute atomic E-state index is 12.7. The molecule has 126 valence electrons. The highest BCUT2D eigenvalue weighted by atomic mass is 16.6. The number of nitrogens with one attached hydrogen (secondary N) is 1. The van der Waals surface area contributed by atoms with Crippen molar-refractivity contribution in [3.05, 3.63) is 0 Å². The molecule has 2 aliphatic rings. The van der Waals surface area contributed by atoms with Crippen LogP contribution in [0.1, 0.15) is 40.5 Å². The number of esters is 1. The highest BCUT2D eigenvalue weighted by molar-refractivity contribution is 5.87. The second-order valence-electron chi connectivity index (χ2n) is 7.13. The third kappa shape index (κ3) is 2.79. The Bertz CT molecular complexity index is 459. The van der Waals surface area contributed by atoms with Gasteiger partial charge < -0.3 is 19.9 Å². The summed E-state index contributed by atoms with van der Waals surface area (Å²) in [6.07, 6.45) is -0.0484. The van der Waals surface area contributed by atoms with Crippen molar-refractivity contribution in [1.82, 2.24) is 10.2 Å². The molecule has 2 bridgehead atoms. The summed E-state index contributed by atoms with van der Waals surface area (Å²) in [5.41, 5.74) is -1.70. The number of hydrogen-bond donors (Lipinski definition) is 2. The van der Waals surface area contributed by atoms with Crippen LogP contribution in [0.15, 0.2) is 0 Å². The molecule has 1 unspecified atom stereocenters. The molecule has 0 aliphatic carbocycles. The van der Waals surface area contributed by atoms with Crippen LogP contribution < -0.4 is 5.32 Å². The standard InChI is InChI=1S/C15H26N2O5/c1-9(18)11-10-6-7-15(8-16-11,12(19)21-5)17(10)13(20)22-14(2,3)4/h9-11,16,18H,6-8H2,1-5H3/t9?,10-,11+,15+/m0/s1. The molecule has 0 aromatic carbocycles. The summed E-state index contributed by atoms with van der Waals surface area (Å²) in [6.45, 7) is 7.28. The highest BCUT2D eigenvalue weighted by Crippen LogP contribution is 2.41. The van der Waals surface area contributed by atoms with Gasteiger partial charge in [-0.3, -0.25) is 4.90 Å². The van der Waals surface area contributed by atoms with Gasteiger partial charge in [0.25, 0.3) is 0 Å². The number of rotatable bonds is 2. The Morgan fingerprint density at radius 2 is 2.05 bits per heavy atom. The molecule has 0 aromatic heterocycles. The lowest BCUT2D eigenvalue weighted by Crippen LogP contribution is -2.71. The zero-order chi connectivity index (χ0) is 16.7. The summed E-state index contributed by atoms with van der Waals surface area (Å²) in [6, 6.07) is -0.574. The van der Waals surface area contributed by atoms with Crippen LogP contribution in [0.3, 0.4) is 0 Å². The van der Waals surface area contributed by atoms with Crippen LogP contribution in [-0.2, 0) is 14.3 Å². The van der Waals surface area contributed by atoms with Gasteiger partial charge in [-0.05, 0) is 40.5 Å². The number of carbonyl (C=O) groups excluding carboxylic acids is 2. The van der Waals surface area contributed by atoms with Crippen LogP contribution in [0.4, 0.5) is 4.79 Å². The Kier molecular flexibility index (Phi) is 4.41. The number of carbonyl (C=O) groups is 2. The minimum absolute atomic E-state index is 0.255. The minimum atomic E-state index is -1.05. The minimum Gasteiger partial charge on any atom is -0.467 e. The number of methoxy groups -OCH3 is 1. The number of aliphatic hydroxyl groups is 1. The predicted octanol–water partition coefficient (Wildman–Crippen LogP) is 0.650. The molecule has 2 saturated heterocycles. The van der Waals surface area contributed by atoms with Crippen LogP contribution in [0.25, 0.3) is 0 Å². The van der Waals surface area contributed by atoms with Gasteiger partial charge in [0, 0.05) is 6.54 Å². The van der Waals surface area contributed by atoms with Gasteiger partial charge in [0.2, 0.25) is 0 Å². The van der Waals surface area contributed by atoms with Crippen molar-refractivity contribution in [2.45, 2.75) is 69.9 Å². The van der Waals surface area contributed by atoms with Crippen molar-refractivity contribution in [3.63, 3.8) is 0 Å². The normalized spacial score (nSPS) is 32.5. The molecule has 0 saturated carbocycles. The molecular weight excluding hydrogens is 288 g/mol. The zero-order valence-corrected chi connectivity index (χ0v) is 13.9. The van der Waals surface area contributed by atoms with Crippen molar-refractivity contribution < 1.29 is 24.2 Å². The molecule has 1 amide bonds. The summed E-state index contributed by atoms with van der Waals surface area (Å²) in [4.78, 5) is 26.5. The summed E-state index contributed by atoms with van der Waals surface area (Å²) in [5, 5.41) is 13.1. The summed E-state index contributed by atoms with van der Waals surface area (Å²) < 4.78 is 10.4. The highest BCUT2D eigenvalue weighted by Gasteiger charge is 2.61. The largest absolute Gasteiger partial charge is 0.467 e. The first-order valence-corrected chi connectivity index (χ1v) is 7.64. The predicted molar refractivity (Wildman–Crippen MR) is 79.3 cm³/mol. The van der Waals surface area contributed by atoms with Gasteiger partial charge in [-0.2, -0.15) is 0 Å². The van der Waals surface area contributed by atoms with Crippen molar-refractivity contribution in [2.24, 2.45) is 0 Å². The Morgan fingerprint density at radius 1 is 1.41 bits per heavy atom. The van der Waals surface area contributed by atoms with Gasteiger partial charge in [0.1, 0.15) is 5.60 Å². The molecule has 2 aliphatic heterocycles. The molecular formula is C15H26N2O5. The van der Waals surface area contributed by atoms with E-state index in [1.165, 1.54) is 12.0 Å². The summed E-state index contributed by atoms with van der Waals surface area (Å²) in [5.74, 6) is -0.447. The first-order chi connectivity index (χ1) is 10.1. The maximum Gasteiger partial charge on any atom is 0.411 e. The third-order valence-electron chi connectivity index (χ3n) is 4.37. The molecule has 2 fully saturated rings. The number of aliphatic hydroxyl groups excluding tert-OH is 1. The maximum atomic E-state index is 12.7.